The highest BCUT2D eigenvalue weighted by Gasteiger charge is 2.41. The fourth-order valence-corrected chi connectivity index (χ4v) is 4.47. The number of nitrogens with one attached hydrogen (secondary N) is 1. The van der Waals surface area contributed by atoms with Crippen LogP contribution >= 0.6 is 11.6 Å². The first-order valence-electron chi connectivity index (χ1n) is 10.4. The Hall–Kier alpha value is -3.11. The van der Waals surface area contributed by atoms with Gasteiger partial charge in [-0.1, -0.05) is 11.6 Å². The van der Waals surface area contributed by atoms with Crippen molar-refractivity contribution in [3.05, 3.63) is 64.7 Å². The van der Waals surface area contributed by atoms with Gasteiger partial charge in [0.2, 0.25) is 5.91 Å². The molecule has 1 aliphatic heterocycles. The molecule has 0 spiro atoms. The predicted octanol–water partition coefficient (Wildman–Crippen LogP) is 5.14. The lowest BCUT2D eigenvalue weighted by Gasteiger charge is -2.42. The summed E-state index contributed by atoms with van der Waals surface area (Å²) in [6.07, 6.45) is -4.58. The van der Waals surface area contributed by atoms with E-state index in [1.165, 1.54) is 24.3 Å². The summed E-state index contributed by atoms with van der Waals surface area (Å²) in [5.74, 6) is 0.397. The van der Waals surface area contributed by atoms with E-state index in [1.54, 1.807) is 17.0 Å². The van der Waals surface area contributed by atoms with Crippen molar-refractivity contribution in [2.75, 3.05) is 18.4 Å². The molecule has 180 valence electrons. The number of hydrogen-bond acceptors (Lipinski definition) is 4. The first-order chi connectivity index (χ1) is 15.9. The van der Waals surface area contributed by atoms with Gasteiger partial charge in [0.05, 0.1) is 22.7 Å². The van der Waals surface area contributed by atoms with Crippen LogP contribution in [-0.4, -0.2) is 33.4 Å². The zero-order chi connectivity index (χ0) is 24.8. The van der Waals surface area contributed by atoms with Crippen LogP contribution in [0.3, 0.4) is 0 Å². The van der Waals surface area contributed by atoms with Gasteiger partial charge in [-0.05, 0) is 56.3 Å². The van der Waals surface area contributed by atoms with E-state index in [9.17, 15) is 22.4 Å². The molecule has 0 fully saturated rings. The Morgan fingerprint density at radius 3 is 2.44 bits per heavy atom. The first kappa shape index (κ1) is 24.0. The summed E-state index contributed by atoms with van der Waals surface area (Å²) >= 11 is 5.91. The lowest BCUT2D eigenvalue weighted by atomic mass is 9.99. The molecule has 34 heavy (non-hydrogen) atoms. The Labute approximate surface area is 198 Å². The Morgan fingerprint density at radius 2 is 1.85 bits per heavy atom. The predicted molar refractivity (Wildman–Crippen MR) is 121 cm³/mol. The van der Waals surface area contributed by atoms with Gasteiger partial charge >= 0.3 is 6.18 Å². The summed E-state index contributed by atoms with van der Waals surface area (Å²) in [5, 5.41) is 2.69. The molecular formula is C23H22ClF4N5O. The van der Waals surface area contributed by atoms with Crippen molar-refractivity contribution in [3.8, 4) is 11.3 Å². The zero-order valence-corrected chi connectivity index (χ0v) is 19.1. The summed E-state index contributed by atoms with van der Waals surface area (Å²) in [7, 11) is 0. The number of amides is 1. The van der Waals surface area contributed by atoms with Gasteiger partial charge in [0.1, 0.15) is 23.2 Å². The van der Waals surface area contributed by atoms with Gasteiger partial charge in [0.15, 0.2) is 0 Å². The minimum Gasteiger partial charge on any atom is -0.340 e. The van der Waals surface area contributed by atoms with Gasteiger partial charge in [0, 0.05) is 24.3 Å². The van der Waals surface area contributed by atoms with Gasteiger partial charge in [-0.3, -0.25) is 4.79 Å². The van der Waals surface area contributed by atoms with Crippen molar-refractivity contribution in [2.45, 2.75) is 32.1 Å². The standard InChI is InChI=1S/C23H22ClF4N5O/c1-22(2)21-31-19(13-3-5-14(25)6-4-13)20(32(21)9-10-33(22)18(34)12-29)30-15-7-8-16(17(24)11-15)23(26,27)28/h3-8,11,30H,9-10,12,29H2,1-2H3. The lowest BCUT2D eigenvalue weighted by Crippen LogP contribution is -2.53. The summed E-state index contributed by atoms with van der Waals surface area (Å²) in [6, 6.07) is 9.08. The Morgan fingerprint density at radius 1 is 1.18 bits per heavy atom. The van der Waals surface area contributed by atoms with Crippen LogP contribution in [0.25, 0.3) is 11.3 Å². The number of alkyl halides is 3. The maximum atomic E-state index is 13.6. The molecule has 1 amide bonds. The number of carbonyl (C=O) groups is 1. The minimum atomic E-state index is -4.58. The second kappa shape index (κ2) is 8.59. The van der Waals surface area contributed by atoms with Gasteiger partial charge in [-0.15, -0.1) is 0 Å². The van der Waals surface area contributed by atoms with E-state index < -0.39 is 28.1 Å². The summed E-state index contributed by atoms with van der Waals surface area (Å²) in [6.45, 7) is 4.26. The van der Waals surface area contributed by atoms with Gasteiger partial charge in [0.25, 0.3) is 0 Å². The molecule has 2 heterocycles. The van der Waals surface area contributed by atoms with Crippen molar-refractivity contribution in [1.82, 2.24) is 14.5 Å². The van der Waals surface area contributed by atoms with Crippen molar-refractivity contribution < 1.29 is 22.4 Å². The number of fused-ring (bicyclic) bond motifs is 1. The van der Waals surface area contributed by atoms with Crippen molar-refractivity contribution in [2.24, 2.45) is 5.73 Å². The molecule has 0 saturated heterocycles. The van der Waals surface area contributed by atoms with Crippen LogP contribution in [0.15, 0.2) is 42.5 Å². The normalized spacial score (nSPS) is 15.2. The number of hydrogen-bond donors (Lipinski definition) is 2. The molecule has 0 radical (unpaired) electrons. The van der Waals surface area contributed by atoms with Crippen LogP contribution in [0.1, 0.15) is 25.2 Å². The average Bonchev–Trinajstić information content (AvgIpc) is 3.12. The zero-order valence-electron chi connectivity index (χ0n) is 18.4. The molecule has 0 unspecified atom stereocenters. The van der Waals surface area contributed by atoms with Gasteiger partial charge in [-0.25, -0.2) is 9.37 Å². The SMILES string of the molecule is CC1(C)c2nc(-c3ccc(F)cc3)c(Nc3ccc(C(F)(F)F)c(Cl)c3)n2CCN1C(=O)CN. The fourth-order valence-electron chi connectivity index (χ4n) is 4.18. The minimum absolute atomic E-state index is 0.149. The topological polar surface area (TPSA) is 76.2 Å². The smallest absolute Gasteiger partial charge is 0.340 e. The van der Waals surface area contributed by atoms with Crippen LogP contribution in [0, 0.1) is 5.82 Å². The van der Waals surface area contributed by atoms with Crippen LogP contribution in [-0.2, 0) is 23.1 Å². The third-order valence-electron chi connectivity index (χ3n) is 5.87. The monoisotopic (exact) mass is 495 g/mol. The molecule has 3 N–H and O–H groups in total. The number of benzene rings is 2. The number of imidazole rings is 1. The van der Waals surface area contributed by atoms with E-state index in [4.69, 9.17) is 22.3 Å². The molecule has 4 rings (SSSR count). The van der Waals surface area contributed by atoms with E-state index >= 15 is 0 Å². The maximum absolute atomic E-state index is 13.6. The summed E-state index contributed by atoms with van der Waals surface area (Å²) in [5.41, 5.74) is 5.20. The van der Waals surface area contributed by atoms with Crippen LogP contribution in [0.4, 0.5) is 29.1 Å². The number of halogens is 5. The molecule has 0 aliphatic carbocycles. The van der Waals surface area contributed by atoms with Gasteiger partial charge < -0.3 is 20.5 Å². The van der Waals surface area contributed by atoms with Crippen molar-refractivity contribution in [1.29, 1.82) is 0 Å². The molecule has 2 aromatic carbocycles. The molecule has 11 heteroatoms. The Balaban J connectivity index is 1.84. The second-order valence-electron chi connectivity index (χ2n) is 8.42. The first-order valence-corrected chi connectivity index (χ1v) is 10.8. The average molecular weight is 496 g/mol. The highest BCUT2D eigenvalue weighted by Crippen LogP contribution is 2.41. The van der Waals surface area contributed by atoms with Crippen LogP contribution in [0.5, 0.6) is 0 Å². The number of nitrogens with zero attached hydrogens (tertiary/aromatic N) is 3. The number of anilines is 2. The largest absolute Gasteiger partial charge is 0.417 e. The molecule has 1 aliphatic rings. The molecule has 6 nitrogen and oxygen atoms in total. The fraction of sp³-hybridized carbons (Fsp3) is 0.304. The second-order valence-corrected chi connectivity index (χ2v) is 8.82. The Kier molecular flexibility index (Phi) is 6.07. The third kappa shape index (κ3) is 4.23. The quantitative estimate of drug-likeness (QED) is 0.491. The summed E-state index contributed by atoms with van der Waals surface area (Å²) < 4.78 is 54.8. The molecule has 0 saturated carbocycles. The van der Waals surface area contributed by atoms with E-state index in [0.717, 1.165) is 6.07 Å². The number of nitrogens with two attached hydrogens (primary N) is 1. The molecule has 0 bridgehead atoms. The lowest BCUT2D eigenvalue weighted by molar-refractivity contribution is -0.138. The molecular weight excluding hydrogens is 474 g/mol. The number of carbonyl (C=O) groups excluding carboxylic acids is 1. The van der Waals surface area contributed by atoms with E-state index in [0.29, 0.717) is 41.7 Å². The van der Waals surface area contributed by atoms with Crippen molar-refractivity contribution >= 4 is 29.0 Å². The number of aromatic nitrogens is 2. The third-order valence-corrected chi connectivity index (χ3v) is 6.18. The van der Waals surface area contributed by atoms with Crippen LogP contribution < -0.4 is 11.1 Å². The summed E-state index contributed by atoms with van der Waals surface area (Å²) in [4.78, 5) is 18.9. The molecule has 1 aromatic heterocycles. The van der Waals surface area contributed by atoms with Gasteiger partial charge in [-0.2, -0.15) is 13.2 Å². The highest BCUT2D eigenvalue weighted by atomic mass is 35.5. The molecule has 3 aromatic rings. The maximum Gasteiger partial charge on any atom is 0.417 e. The van der Waals surface area contributed by atoms with E-state index in [1.807, 2.05) is 18.4 Å². The molecule has 0 atom stereocenters. The number of rotatable bonds is 4. The van der Waals surface area contributed by atoms with Crippen LogP contribution in [0.2, 0.25) is 5.02 Å². The van der Waals surface area contributed by atoms with E-state index in [-0.39, 0.29) is 12.5 Å². The van der Waals surface area contributed by atoms with E-state index in [2.05, 4.69) is 5.32 Å². The van der Waals surface area contributed by atoms with Crippen molar-refractivity contribution in [3.63, 3.8) is 0 Å². The highest BCUT2D eigenvalue weighted by molar-refractivity contribution is 6.31. The Bertz CT molecular complexity index is 1240.